The van der Waals surface area contributed by atoms with Crippen LogP contribution in [0.5, 0.6) is 0 Å². The number of carbonyl (C=O) groups is 1. The maximum absolute atomic E-state index is 10.7. The number of hydrogen-bond acceptors (Lipinski definition) is 3. The first-order valence-corrected chi connectivity index (χ1v) is 6.33. The molecule has 1 fully saturated rings. The summed E-state index contributed by atoms with van der Waals surface area (Å²) in [5, 5.41) is 14.8. The van der Waals surface area contributed by atoms with Crippen LogP contribution >= 0.6 is 0 Å². The highest BCUT2D eigenvalue weighted by molar-refractivity contribution is 5.73. The van der Waals surface area contributed by atoms with Gasteiger partial charge in [-0.2, -0.15) is 0 Å². The third kappa shape index (κ3) is 1.96. The number of benzene rings is 1. The number of anilines is 2. The second-order valence-corrected chi connectivity index (χ2v) is 4.92. The van der Waals surface area contributed by atoms with Crippen molar-refractivity contribution in [1.29, 1.82) is 0 Å². The number of carboxylic acid groups (broad SMARTS) is 1. The Labute approximate surface area is 106 Å². The second-order valence-electron chi connectivity index (χ2n) is 4.92. The van der Waals surface area contributed by atoms with Gasteiger partial charge in [0.15, 0.2) is 0 Å². The first-order chi connectivity index (χ1) is 8.74. The van der Waals surface area contributed by atoms with Crippen molar-refractivity contribution in [2.24, 2.45) is 0 Å². The van der Waals surface area contributed by atoms with Crippen molar-refractivity contribution in [3.8, 4) is 0 Å². The van der Waals surface area contributed by atoms with E-state index in [0.717, 1.165) is 25.9 Å². The summed E-state index contributed by atoms with van der Waals surface area (Å²) < 4.78 is 0. The number of hydrogen-bond donors (Lipinski definition) is 3. The molecule has 96 valence electrons. The maximum atomic E-state index is 10.7. The fraction of sp³-hybridized carbons (Fsp3) is 0.462. The summed E-state index contributed by atoms with van der Waals surface area (Å²) in [4.78, 5) is 13.1. The molecule has 0 spiro atoms. The number of amides is 1. The normalized spacial score (nSPS) is 25.7. The molecular formula is C13H17N3O2. The molecule has 1 aromatic rings. The Bertz CT molecular complexity index is 463. The Hall–Kier alpha value is -1.91. The van der Waals surface area contributed by atoms with Crippen molar-refractivity contribution >= 4 is 17.5 Å². The Morgan fingerprint density at radius 2 is 2.28 bits per heavy atom. The highest BCUT2D eigenvalue weighted by Crippen LogP contribution is 2.34. The average molecular weight is 247 g/mol. The molecule has 1 aromatic carbocycles. The Balaban J connectivity index is 1.76. The molecule has 2 unspecified atom stereocenters. The summed E-state index contributed by atoms with van der Waals surface area (Å²) in [6.45, 7) is 1.79. The van der Waals surface area contributed by atoms with Crippen LogP contribution in [0.3, 0.4) is 0 Å². The third-order valence-corrected chi connectivity index (χ3v) is 3.79. The molecule has 5 heteroatoms. The first kappa shape index (κ1) is 11.2. The minimum absolute atomic E-state index is 0.0795. The number of nitrogens with zero attached hydrogens (tertiary/aromatic N) is 1. The number of fused-ring (bicyclic) bond motifs is 3. The van der Waals surface area contributed by atoms with Crippen molar-refractivity contribution in [1.82, 2.24) is 5.32 Å². The molecule has 0 bridgehead atoms. The monoisotopic (exact) mass is 247 g/mol. The molecule has 0 radical (unpaired) electrons. The van der Waals surface area contributed by atoms with Crippen LogP contribution in [0.1, 0.15) is 12.8 Å². The zero-order valence-electron chi connectivity index (χ0n) is 10.1. The van der Waals surface area contributed by atoms with Gasteiger partial charge in [-0.25, -0.2) is 4.79 Å². The fourth-order valence-corrected chi connectivity index (χ4v) is 2.97. The largest absolute Gasteiger partial charge is 0.465 e. The minimum atomic E-state index is -0.919. The predicted molar refractivity (Wildman–Crippen MR) is 70.2 cm³/mol. The van der Waals surface area contributed by atoms with Gasteiger partial charge < -0.3 is 20.6 Å². The predicted octanol–water partition coefficient (Wildman–Crippen LogP) is 1.72. The van der Waals surface area contributed by atoms with Gasteiger partial charge in [-0.1, -0.05) is 12.1 Å². The van der Waals surface area contributed by atoms with Crippen LogP contribution < -0.4 is 15.5 Å². The lowest BCUT2D eigenvalue weighted by molar-refractivity contribution is 0.186. The van der Waals surface area contributed by atoms with Gasteiger partial charge >= 0.3 is 6.09 Å². The molecule has 2 atom stereocenters. The van der Waals surface area contributed by atoms with Gasteiger partial charge in [0.05, 0.1) is 11.4 Å². The van der Waals surface area contributed by atoms with E-state index in [4.69, 9.17) is 5.11 Å². The van der Waals surface area contributed by atoms with Crippen molar-refractivity contribution in [3.63, 3.8) is 0 Å². The summed E-state index contributed by atoms with van der Waals surface area (Å²) >= 11 is 0. The van der Waals surface area contributed by atoms with Gasteiger partial charge in [0.1, 0.15) is 0 Å². The lowest BCUT2D eigenvalue weighted by atomic mass is 9.94. The van der Waals surface area contributed by atoms with Gasteiger partial charge in [-0.15, -0.1) is 0 Å². The lowest BCUT2D eigenvalue weighted by Gasteiger charge is -2.44. The van der Waals surface area contributed by atoms with Crippen LogP contribution in [0.25, 0.3) is 0 Å². The summed E-state index contributed by atoms with van der Waals surface area (Å²) in [6, 6.07) is 8.75. The number of piperidine rings is 1. The molecule has 0 aromatic heterocycles. The standard InChI is InChI=1S/C13H17N3O2/c17-13(18)15-9-5-6-16-10(7-9)8-14-11-3-1-2-4-12(11)16/h1-4,9-10,14-15H,5-8H2,(H,17,18). The second kappa shape index (κ2) is 4.40. The van der Waals surface area contributed by atoms with Gasteiger partial charge in [0, 0.05) is 25.2 Å². The van der Waals surface area contributed by atoms with E-state index in [0.29, 0.717) is 6.04 Å². The van der Waals surface area contributed by atoms with E-state index in [1.165, 1.54) is 11.4 Å². The Morgan fingerprint density at radius 1 is 1.44 bits per heavy atom. The summed E-state index contributed by atoms with van der Waals surface area (Å²) in [5.41, 5.74) is 2.42. The van der Waals surface area contributed by atoms with E-state index in [2.05, 4.69) is 27.7 Å². The molecule has 3 N–H and O–H groups in total. The van der Waals surface area contributed by atoms with E-state index in [1.807, 2.05) is 12.1 Å². The van der Waals surface area contributed by atoms with Crippen molar-refractivity contribution in [2.45, 2.75) is 24.9 Å². The van der Waals surface area contributed by atoms with Gasteiger partial charge in [0.25, 0.3) is 0 Å². The van der Waals surface area contributed by atoms with Crippen molar-refractivity contribution in [2.75, 3.05) is 23.3 Å². The van der Waals surface area contributed by atoms with E-state index in [-0.39, 0.29) is 6.04 Å². The van der Waals surface area contributed by atoms with Crippen LogP contribution in [0, 0.1) is 0 Å². The van der Waals surface area contributed by atoms with Crippen LogP contribution in [-0.2, 0) is 0 Å². The minimum Gasteiger partial charge on any atom is -0.465 e. The highest BCUT2D eigenvalue weighted by Gasteiger charge is 2.32. The van der Waals surface area contributed by atoms with Crippen LogP contribution in [-0.4, -0.2) is 36.4 Å². The zero-order chi connectivity index (χ0) is 12.5. The van der Waals surface area contributed by atoms with Crippen LogP contribution in [0.2, 0.25) is 0 Å². The highest BCUT2D eigenvalue weighted by atomic mass is 16.4. The number of nitrogens with one attached hydrogen (secondary N) is 2. The molecule has 5 nitrogen and oxygen atoms in total. The first-order valence-electron chi connectivity index (χ1n) is 6.33. The topological polar surface area (TPSA) is 64.6 Å². The fourth-order valence-electron chi connectivity index (χ4n) is 2.97. The number of rotatable bonds is 1. The maximum Gasteiger partial charge on any atom is 0.404 e. The van der Waals surface area contributed by atoms with E-state index >= 15 is 0 Å². The smallest absolute Gasteiger partial charge is 0.404 e. The molecule has 18 heavy (non-hydrogen) atoms. The van der Waals surface area contributed by atoms with Crippen LogP contribution in [0.15, 0.2) is 24.3 Å². The molecule has 0 saturated carbocycles. The lowest BCUT2D eigenvalue weighted by Crippen LogP contribution is -2.54. The molecule has 1 saturated heterocycles. The molecule has 2 aliphatic rings. The number of para-hydroxylation sites is 2. The molecule has 2 aliphatic heterocycles. The molecular weight excluding hydrogens is 230 g/mol. The Morgan fingerprint density at radius 3 is 3.11 bits per heavy atom. The van der Waals surface area contributed by atoms with Crippen molar-refractivity contribution in [3.05, 3.63) is 24.3 Å². The average Bonchev–Trinajstić information content (AvgIpc) is 2.37. The van der Waals surface area contributed by atoms with Crippen molar-refractivity contribution < 1.29 is 9.90 Å². The quantitative estimate of drug-likeness (QED) is 0.707. The van der Waals surface area contributed by atoms with E-state index in [1.54, 1.807) is 0 Å². The van der Waals surface area contributed by atoms with E-state index in [9.17, 15) is 4.79 Å². The van der Waals surface area contributed by atoms with E-state index < -0.39 is 6.09 Å². The molecule has 0 aliphatic carbocycles. The van der Waals surface area contributed by atoms with Crippen LogP contribution in [0.4, 0.5) is 16.2 Å². The Kier molecular flexibility index (Phi) is 2.74. The third-order valence-electron chi connectivity index (χ3n) is 3.79. The zero-order valence-corrected chi connectivity index (χ0v) is 10.1. The summed E-state index contributed by atoms with van der Waals surface area (Å²) in [5.74, 6) is 0. The molecule has 2 heterocycles. The molecule has 3 rings (SSSR count). The summed E-state index contributed by atoms with van der Waals surface area (Å²) in [6.07, 6.45) is 0.822. The summed E-state index contributed by atoms with van der Waals surface area (Å²) in [7, 11) is 0. The molecule has 1 amide bonds. The van der Waals surface area contributed by atoms with Gasteiger partial charge in [0.2, 0.25) is 0 Å². The van der Waals surface area contributed by atoms with Gasteiger partial charge in [-0.3, -0.25) is 0 Å². The SMILES string of the molecule is O=C(O)NC1CCN2c3ccccc3NCC2C1. The van der Waals surface area contributed by atoms with Gasteiger partial charge in [-0.05, 0) is 25.0 Å².